The summed E-state index contributed by atoms with van der Waals surface area (Å²) in [6.45, 7) is 5.78. The predicted molar refractivity (Wildman–Crippen MR) is 72.5 cm³/mol. The van der Waals surface area contributed by atoms with Crippen molar-refractivity contribution in [3.63, 3.8) is 0 Å². The van der Waals surface area contributed by atoms with Crippen molar-refractivity contribution in [2.75, 3.05) is 6.54 Å². The van der Waals surface area contributed by atoms with E-state index in [1.807, 2.05) is 20.8 Å². The number of hydrogen-bond acceptors (Lipinski definition) is 4. The molecule has 0 atom stereocenters. The van der Waals surface area contributed by atoms with E-state index < -0.39 is 24.9 Å². The van der Waals surface area contributed by atoms with Gasteiger partial charge in [-0.05, 0) is 17.5 Å². The fourth-order valence-electron chi connectivity index (χ4n) is 1.30. The quantitative estimate of drug-likeness (QED) is 0.852. The standard InChI is InChI=1S/C11H18N2O4S2/c1-11(2,3)8-13-19(16,17)10-7-5-4-6-9(10)18(12,14)15/h4-7,13H,8H2,1-3H3,(H2,12,14,15). The first-order valence-electron chi connectivity index (χ1n) is 5.55. The zero-order chi connectivity index (χ0) is 14.9. The minimum atomic E-state index is -4.09. The molecule has 0 bridgehead atoms. The van der Waals surface area contributed by atoms with E-state index >= 15 is 0 Å². The number of sulfonamides is 2. The molecule has 0 saturated heterocycles. The van der Waals surface area contributed by atoms with E-state index in [1.165, 1.54) is 24.3 Å². The van der Waals surface area contributed by atoms with Crippen LogP contribution in [0.5, 0.6) is 0 Å². The first kappa shape index (κ1) is 16.1. The number of nitrogens with two attached hydrogens (primary N) is 1. The molecule has 0 aliphatic carbocycles. The molecule has 0 saturated carbocycles. The second kappa shape index (κ2) is 5.20. The largest absolute Gasteiger partial charge is 0.241 e. The van der Waals surface area contributed by atoms with Gasteiger partial charge in [-0.15, -0.1) is 0 Å². The van der Waals surface area contributed by atoms with Gasteiger partial charge in [-0.25, -0.2) is 26.7 Å². The Bertz CT molecular complexity index is 658. The van der Waals surface area contributed by atoms with Gasteiger partial charge in [0.2, 0.25) is 20.0 Å². The molecule has 0 radical (unpaired) electrons. The molecule has 0 aliphatic heterocycles. The lowest BCUT2D eigenvalue weighted by Crippen LogP contribution is -2.33. The maximum absolute atomic E-state index is 12.1. The number of hydrogen-bond donors (Lipinski definition) is 2. The highest BCUT2D eigenvalue weighted by Gasteiger charge is 2.25. The van der Waals surface area contributed by atoms with Crippen LogP contribution in [0.3, 0.4) is 0 Å². The summed E-state index contributed by atoms with van der Waals surface area (Å²) in [5.41, 5.74) is -0.260. The van der Waals surface area contributed by atoms with Gasteiger partial charge in [0.05, 0.1) is 0 Å². The van der Waals surface area contributed by atoms with Crippen molar-refractivity contribution in [1.82, 2.24) is 4.72 Å². The predicted octanol–water partition coefficient (Wildman–Crippen LogP) is 0.658. The van der Waals surface area contributed by atoms with Crippen LogP contribution in [0.1, 0.15) is 20.8 Å². The fraction of sp³-hybridized carbons (Fsp3) is 0.455. The van der Waals surface area contributed by atoms with Crippen LogP contribution in [0.2, 0.25) is 0 Å². The smallest absolute Gasteiger partial charge is 0.225 e. The van der Waals surface area contributed by atoms with Gasteiger partial charge >= 0.3 is 0 Å². The molecule has 3 N–H and O–H groups in total. The molecule has 1 rings (SSSR count). The number of primary sulfonamides is 1. The molecule has 0 spiro atoms. The van der Waals surface area contributed by atoms with Gasteiger partial charge in [0.1, 0.15) is 9.79 Å². The summed E-state index contributed by atoms with van der Waals surface area (Å²) in [4.78, 5) is -0.738. The van der Waals surface area contributed by atoms with Crippen LogP contribution in [-0.2, 0) is 20.0 Å². The van der Waals surface area contributed by atoms with Crippen molar-refractivity contribution < 1.29 is 16.8 Å². The van der Waals surface area contributed by atoms with Crippen molar-refractivity contribution in [2.45, 2.75) is 30.6 Å². The van der Waals surface area contributed by atoms with E-state index in [0.29, 0.717) is 0 Å². The molecule has 0 aromatic heterocycles. The van der Waals surface area contributed by atoms with Crippen LogP contribution in [-0.4, -0.2) is 23.4 Å². The van der Waals surface area contributed by atoms with E-state index in [1.54, 1.807) is 0 Å². The Balaban J connectivity index is 3.24. The molecule has 8 heteroatoms. The highest BCUT2D eigenvalue weighted by molar-refractivity contribution is 7.92. The Morgan fingerprint density at radius 3 is 1.95 bits per heavy atom. The lowest BCUT2D eigenvalue weighted by Gasteiger charge is -2.19. The summed E-state index contributed by atoms with van der Waals surface area (Å²) < 4.78 is 49.4. The lowest BCUT2D eigenvalue weighted by molar-refractivity contribution is 0.407. The minimum absolute atomic E-state index is 0.189. The summed E-state index contributed by atoms with van der Waals surface area (Å²) in [6.07, 6.45) is 0. The van der Waals surface area contributed by atoms with E-state index in [0.717, 1.165) is 0 Å². The first-order chi connectivity index (χ1) is 8.43. The highest BCUT2D eigenvalue weighted by atomic mass is 32.2. The van der Waals surface area contributed by atoms with E-state index in [9.17, 15) is 16.8 Å². The second-order valence-electron chi connectivity index (χ2n) is 5.38. The van der Waals surface area contributed by atoms with Gasteiger partial charge in [-0.3, -0.25) is 0 Å². The zero-order valence-electron chi connectivity index (χ0n) is 11.0. The monoisotopic (exact) mass is 306 g/mol. The Morgan fingerprint density at radius 2 is 1.53 bits per heavy atom. The van der Waals surface area contributed by atoms with Crippen LogP contribution in [0, 0.1) is 5.41 Å². The van der Waals surface area contributed by atoms with Crippen molar-refractivity contribution in [2.24, 2.45) is 10.6 Å². The van der Waals surface area contributed by atoms with Gasteiger partial charge in [0.15, 0.2) is 0 Å². The Hall–Kier alpha value is -0.960. The van der Waals surface area contributed by atoms with Crippen molar-refractivity contribution in [3.05, 3.63) is 24.3 Å². The van der Waals surface area contributed by atoms with Crippen LogP contribution in [0.15, 0.2) is 34.1 Å². The lowest BCUT2D eigenvalue weighted by atomic mass is 9.98. The highest BCUT2D eigenvalue weighted by Crippen LogP contribution is 2.20. The molecule has 1 aromatic carbocycles. The van der Waals surface area contributed by atoms with Crippen LogP contribution >= 0.6 is 0 Å². The normalized spacial score (nSPS) is 13.5. The summed E-state index contributed by atoms with van der Waals surface area (Å²) in [5.74, 6) is 0. The van der Waals surface area contributed by atoms with E-state index in [4.69, 9.17) is 5.14 Å². The van der Waals surface area contributed by atoms with Crippen molar-refractivity contribution >= 4 is 20.0 Å². The van der Waals surface area contributed by atoms with Crippen LogP contribution < -0.4 is 9.86 Å². The molecule has 0 amide bonds. The van der Waals surface area contributed by atoms with E-state index in [2.05, 4.69) is 4.72 Å². The third kappa shape index (κ3) is 4.57. The van der Waals surface area contributed by atoms with Crippen molar-refractivity contribution in [3.8, 4) is 0 Å². The maximum Gasteiger partial charge on any atom is 0.241 e. The summed E-state index contributed by atoms with van der Waals surface area (Å²) >= 11 is 0. The molecule has 108 valence electrons. The number of nitrogens with one attached hydrogen (secondary N) is 1. The van der Waals surface area contributed by atoms with Crippen LogP contribution in [0.25, 0.3) is 0 Å². The minimum Gasteiger partial charge on any atom is -0.225 e. The fourth-order valence-corrected chi connectivity index (χ4v) is 3.96. The maximum atomic E-state index is 12.1. The molecular formula is C11H18N2O4S2. The van der Waals surface area contributed by atoms with Gasteiger partial charge in [0.25, 0.3) is 0 Å². The van der Waals surface area contributed by atoms with Crippen molar-refractivity contribution in [1.29, 1.82) is 0 Å². The Labute approximate surface area is 114 Å². The topological polar surface area (TPSA) is 106 Å². The molecule has 19 heavy (non-hydrogen) atoms. The number of rotatable bonds is 4. The average Bonchev–Trinajstić information content (AvgIpc) is 2.25. The molecular weight excluding hydrogens is 288 g/mol. The third-order valence-corrected chi connectivity index (χ3v) is 4.80. The summed E-state index contributed by atoms with van der Waals surface area (Å²) in [6, 6.07) is 5.24. The molecule has 0 fully saturated rings. The number of benzene rings is 1. The Kier molecular flexibility index (Phi) is 4.40. The molecule has 0 heterocycles. The molecule has 1 aromatic rings. The summed E-state index contributed by atoms with van der Waals surface area (Å²) in [7, 11) is -8.01. The first-order valence-corrected chi connectivity index (χ1v) is 8.58. The van der Waals surface area contributed by atoms with Gasteiger partial charge in [0, 0.05) is 6.54 Å². The Morgan fingerprint density at radius 1 is 1.05 bits per heavy atom. The second-order valence-corrected chi connectivity index (χ2v) is 8.64. The van der Waals surface area contributed by atoms with Gasteiger partial charge in [-0.1, -0.05) is 32.9 Å². The SMILES string of the molecule is CC(C)(C)CNS(=O)(=O)c1ccccc1S(N)(=O)=O. The third-order valence-electron chi connectivity index (χ3n) is 2.24. The molecule has 6 nitrogen and oxygen atoms in total. The summed E-state index contributed by atoms with van der Waals surface area (Å²) in [5, 5.41) is 5.02. The zero-order valence-corrected chi connectivity index (χ0v) is 12.7. The average molecular weight is 306 g/mol. The van der Waals surface area contributed by atoms with Crippen LogP contribution in [0.4, 0.5) is 0 Å². The van der Waals surface area contributed by atoms with Gasteiger partial charge < -0.3 is 0 Å². The van der Waals surface area contributed by atoms with Gasteiger partial charge in [-0.2, -0.15) is 0 Å². The molecule has 0 unspecified atom stereocenters. The molecule has 0 aliphatic rings. The van der Waals surface area contributed by atoms with E-state index in [-0.39, 0.29) is 16.9 Å².